The van der Waals surface area contributed by atoms with Gasteiger partial charge in [-0.1, -0.05) is 26.3 Å². The molecule has 3 nitrogen and oxygen atoms in total. The van der Waals surface area contributed by atoms with E-state index in [9.17, 15) is 19.1 Å². The summed E-state index contributed by atoms with van der Waals surface area (Å²) in [6.07, 6.45) is 4.89. The Balaban J connectivity index is 1.73. The Morgan fingerprint density at radius 3 is 2.62 bits per heavy atom. The third-order valence-corrected chi connectivity index (χ3v) is 9.08. The van der Waals surface area contributed by atoms with Crippen molar-refractivity contribution in [3.63, 3.8) is 0 Å². The molecule has 0 amide bonds. The molecular formula is C22H31FO3. The molecule has 1 N–H and O–H groups in total. The molecule has 144 valence electrons. The molecule has 0 heterocycles. The van der Waals surface area contributed by atoms with Gasteiger partial charge in [0.2, 0.25) is 0 Å². The van der Waals surface area contributed by atoms with Gasteiger partial charge < -0.3 is 5.11 Å². The fourth-order valence-electron chi connectivity index (χ4n) is 7.67. The van der Waals surface area contributed by atoms with Crippen molar-refractivity contribution in [1.82, 2.24) is 0 Å². The summed E-state index contributed by atoms with van der Waals surface area (Å²) in [6, 6.07) is 0. The fourth-order valence-corrected chi connectivity index (χ4v) is 7.67. The molecule has 0 aromatic rings. The van der Waals surface area contributed by atoms with E-state index in [2.05, 4.69) is 13.8 Å². The van der Waals surface area contributed by atoms with Crippen LogP contribution in [0.1, 0.15) is 66.2 Å². The van der Waals surface area contributed by atoms with Crippen LogP contribution in [0, 0.1) is 34.5 Å². The quantitative estimate of drug-likeness (QED) is 0.766. The number of Topliss-reactive ketones (excluding diaryl/α,β-unsaturated/α-hetero) is 1. The summed E-state index contributed by atoms with van der Waals surface area (Å²) >= 11 is 0. The average molecular weight is 362 g/mol. The Morgan fingerprint density at radius 1 is 1.27 bits per heavy atom. The van der Waals surface area contributed by atoms with Gasteiger partial charge in [0.15, 0.2) is 17.7 Å². The normalized spacial score (nSPS) is 53.4. The van der Waals surface area contributed by atoms with Gasteiger partial charge in [-0.25, -0.2) is 4.39 Å². The predicted octanol–water partition coefficient (Wildman–Crippen LogP) is 4.03. The number of carbonyl (C=O) groups excluding carboxylic acids is 2. The van der Waals surface area contributed by atoms with E-state index in [1.165, 1.54) is 6.92 Å². The van der Waals surface area contributed by atoms with Gasteiger partial charge in [-0.3, -0.25) is 9.59 Å². The molecule has 4 heteroatoms. The highest BCUT2D eigenvalue weighted by molar-refractivity contribution is 5.95. The standard InChI is InChI=1S/C22H31FO3/c1-12-9-17-15-6-5-14-10-19(25)18(23)11-20(14,3)16(15)7-8-21(17,4)22(12,26)13(2)24/h10,12,15-18,26H,5-9,11H2,1-4H3/t12-,15-,16+,17+,18?,20+,21+,22+/m1/s1. The highest BCUT2D eigenvalue weighted by atomic mass is 19.1. The van der Waals surface area contributed by atoms with Crippen LogP contribution >= 0.6 is 0 Å². The van der Waals surface area contributed by atoms with Crippen molar-refractivity contribution in [2.24, 2.45) is 34.5 Å². The van der Waals surface area contributed by atoms with Crippen molar-refractivity contribution < 1.29 is 19.1 Å². The lowest BCUT2D eigenvalue weighted by Gasteiger charge is -2.59. The summed E-state index contributed by atoms with van der Waals surface area (Å²) in [5.74, 6) is 0.514. The molecule has 0 aliphatic heterocycles. The zero-order chi connectivity index (χ0) is 19.1. The van der Waals surface area contributed by atoms with Crippen LogP contribution < -0.4 is 0 Å². The SMILES string of the molecule is CC(=O)[C@@]1(O)[C@H](C)C[C@H]2[C@@H]3CCC4=CC(=O)C(F)C[C@]4(C)[C@H]3CC[C@@]21C. The predicted molar refractivity (Wildman–Crippen MR) is 97.2 cm³/mol. The van der Waals surface area contributed by atoms with Gasteiger partial charge in [0, 0.05) is 5.41 Å². The molecule has 0 bridgehead atoms. The Morgan fingerprint density at radius 2 is 1.96 bits per heavy atom. The Kier molecular flexibility index (Phi) is 3.88. The van der Waals surface area contributed by atoms with Crippen molar-refractivity contribution in [3.05, 3.63) is 11.6 Å². The lowest BCUT2D eigenvalue weighted by Crippen LogP contribution is -2.58. The minimum absolute atomic E-state index is 0.0413. The lowest BCUT2D eigenvalue weighted by atomic mass is 9.46. The summed E-state index contributed by atoms with van der Waals surface area (Å²) in [6.45, 7) is 7.79. The largest absolute Gasteiger partial charge is 0.381 e. The molecule has 0 aromatic heterocycles. The summed E-state index contributed by atoms with van der Waals surface area (Å²) in [7, 11) is 0. The van der Waals surface area contributed by atoms with Crippen molar-refractivity contribution in [1.29, 1.82) is 0 Å². The number of hydrogen-bond acceptors (Lipinski definition) is 3. The highest BCUT2D eigenvalue weighted by Crippen LogP contribution is 2.68. The van der Waals surface area contributed by atoms with Gasteiger partial charge in [-0.05, 0) is 80.6 Å². The van der Waals surface area contributed by atoms with E-state index in [0.29, 0.717) is 24.2 Å². The summed E-state index contributed by atoms with van der Waals surface area (Å²) in [5.41, 5.74) is -0.756. The third kappa shape index (κ3) is 2.03. The first-order valence-corrected chi connectivity index (χ1v) is 10.2. The van der Waals surface area contributed by atoms with Gasteiger partial charge >= 0.3 is 0 Å². The van der Waals surface area contributed by atoms with Gasteiger partial charge in [0.1, 0.15) is 5.60 Å². The van der Waals surface area contributed by atoms with E-state index in [4.69, 9.17) is 0 Å². The van der Waals surface area contributed by atoms with Crippen LogP contribution in [0.2, 0.25) is 0 Å². The van der Waals surface area contributed by atoms with Crippen LogP contribution in [-0.2, 0) is 9.59 Å². The molecule has 4 rings (SSSR count). The Hall–Kier alpha value is -1.03. The molecule has 3 fully saturated rings. The summed E-state index contributed by atoms with van der Waals surface area (Å²) in [5, 5.41) is 11.4. The highest BCUT2D eigenvalue weighted by Gasteiger charge is 2.68. The van der Waals surface area contributed by atoms with E-state index in [1.54, 1.807) is 6.08 Å². The average Bonchev–Trinajstić information content (AvgIpc) is 2.78. The van der Waals surface area contributed by atoms with Crippen LogP contribution in [0.5, 0.6) is 0 Å². The smallest absolute Gasteiger partial charge is 0.189 e. The third-order valence-electron chi connectivity index (χ3n) is 9.08. The molecule has 1 unspecified atom stereocenters. The van der Waals surface area contributed by atoms with Gasteiger partial charge in [-0.2, -0.15) is 0 Å². The second-order valence-corrected chi connectivity index (χ2v) is 9.99. The minimum atomic E-state index is -1.38. The van der Waals surface area contributed by atoms with Crippen LogP contribution in [-0.4, -0.2) is 28.4 Å². The zero-order valence-electron chi connectivity index (χ0n) is 16.3. The van der Waals surface area contributed by atoms with E-state index in [1.807, 2.05) is 6.92 Å². The number of fused-ring (bicyclic) bond motifs is 5. The molecule has 0 aromatic carbocycles. The maximum absolute atomic E-state index is 14.3. The molecule has 0 radical (unpaired) electrons. The monoisotopic (exact) mass is 362 g/mol. The molecule has 8 atom stereocenters. The molecule has 4 aliphatic rings. The number of hydrogen-bond donors (Lipinski definition) is 1. The maximum Gasteiger partial charge on any atom is 0.189 e. The summed E-state index contributed by atoms with van der Waals surface area (Å²) < 4.78 is 14.3. The van der Waals surface area contributed by atoms with Crippen LogP contribution in [0.15, 0.2) is 11.6 Å². The molecule has 3 saturated carbocycles. The van der Waals surface area contributed by atoms with Gasteiger partial charge in [-0.15, -0.1) is 0 Å². The van der Waals surface area contributed by atoms with E-state index in [0.717, 1.165) is 37.7 Å². The number of aliphatic hydroxyl groups is 1. The number of ketones is 2. The number of alkyl halides is 1. The first kappa shape index (κ1) is 18.3. The molecular weight excluding hydrogens is 331 g/mol. The molecule has 0 spiro atoms. The van der Waals surface area contributed by atoms with Crippen LogP contribution in [0.3, 0.4) is 0 Å². The van der Waals surface area contributed by atoms with Gasteiger partial charge in [0.25, 0.3) is 0 Å². The first-order valence-electron chi connectivity index (χ1n) is 10.2. The van der Waals surface area contributed by atoms with Crippen molar-refractivity contribution in [3.8, 4) is 0 Å². The summed E-state index contributed by atoms with van der Waals surface area (Å²) in [4.78, 5) is 24.3. The second-order valence-electron chi connectivity index (χ2n) is 9.99. The van der Waals surface area contributed by atoms with E-state index >= 15 is 0 Å². The second kappa shape index (κ2) is 5.50. The topological polar surface area (TPSA) is 54.4 Å². The maximum atomic E-state index is 14.3. The molecule has 26 heavy (non-hydrogen) atoms. The van der Waals surface area contributed by atoms with Crippen molar-refractivity contribution in [2.45, 2.75) is 78.0 Å². The zero-order valence-corrected chi connectivity index (χ0v) is 16.3. The van der Waals surface area contributed by atoms with Crippen molar-refractivity contribution in [2.75, 3.05) is 0 Å². The Bertz CT molecular complexity index is 700. The van der Waals surface area contributed by atoms with Gasteiger partial charge in [0.05, 0.1) is 0 Å². The van der Waals surface area contributed by atoms with Crippen LogP contribution in [0.25, 0.3) is 0 Å². The lowest BCUT2D eigenvalue weighted by molar-refractivity contribution is -0.166. The number of halogens is 1. The fraction of sp³-hybridized carbons (Fsp3) is 0.818. The number of carbonyl (C=O) groups is 2. The van der Waals surface area contributed by atoms with E-state index < -0.39 is 17.2 Å². The number of rotatable bonds is 1. The van der Waals surface area contributed by atoms with Crippen LogP contribution in [0.4, 0.5) is 4.39 Å². The minimum Gasteiger partial charge on any atom is -0.381 e. The Labute approximate surface area is 155 Å². The molecule has 0 saturated heterocycles. The number of allylic oxidation sites excluding steroid dienone is 1. The van der Waals surface area contributed by atoms with E-state index in [-0.39, 0.29) is 22.9 Å². The molecule has 4 aliphatic carbocycles. The first-order chi connectivity index (χ1) is 12.1. The van der Waals surface area contributed by atoms with Crippen molar-refractivity contribution >= 4 is 11.6 Å².